The van der Waals surface area contributed by atoms with E-state index in [1.54, 1.807) is 0 Å². The molecule has 0 radical (unpaired) electrons. The number of esters is 1. The Morgan fingerprint density at radius 1 is 1.38 bits per heavy atom. The van der Waals surface area contributed by atoms with Gasteiger partial charge in [0.25, 0.3) is 0 Å². The van der Waals surface area contributed by atoms with Gasteiger partial charge in [0.1, 0.15) is 5.54 Å². The van der Waals surface area contributed by atoms with Crippen molar-refractivity contribution in [1.29, 1.82) is 0 Å². The van der Waals surface area contributed by atoms with Crippen LogP contribution >= 0.6 is 0 Å². The summed E-state index contributed by atoms with van der Waals surface area (Å²) in [6, 6.07) is 0.635. The number of likely N-dealkylation sites (tertiary alicyclic amines) is 1. The number of ether oxygens (including phenoxy) is 1. The Bertz CT molecular complexity index is 317. The molecule has 124 valence electrons. The van der Waals surface area contributed by atoms with Gasteiger partial charge in [-0.2, -0.15) is 0 Å². The highest BCUT2D eigenvalue weighted by Crippen LogP contribution is 2.18. The minimum atomic E-state index is -0.589. The van der Waals surface area contributed by atoms with Crippen LogP contribution in [0.4, 0.5) is 0 Å². The van der Waals surface area contributed by atoms with Crippen LogP contribution in [-0.4, -0.2) is 74.2 Å². The Kier molecular flexibility index (Phi) is 7.63. The van der Waals surface area contributed by atoms with Crippen molar-refractivity contribution in [2.45, 2.75) is 51.6 Å². The van der Waals surface area contributed by atoms with Crippen LogP contribution in [0.2, 0.25) is 0 Å². The van der Waals surface area contributed by atoms with E-state index in [1.807, 2.05) is 20.9 Å². The molecule has 0 bridgehead atoms. The highest BCUT2D eigenvalue weighted by Gasteiger charge is 2.33. The number of hydrogen-bond donors (Lipinski definition) is 1. The molecule has 0 amide bonds. The van der Waals surface area contributed by atoms with Crippen LogP contribution in [0, 0.1) is 0 Å². The van der Waals surface area contributed by atoms with E-state index >= 15 is 0 Å². The first kappa shape index (κ1) is 18.4. The number of rotatable bonds is 8. The molecule has 1 atom stereocenters. The molecule has 5 heteroatoms. The van der Waals surface area contributed by atoms with E-state index < -0.39 is 5.54 Å². The summed E-state index contributed by atoms with van der Waals surface area (Å²) in [4.78, 5) is 17.0. The second-order valence-corrected chi connectivity index (χ2v) is 6.20. The molecule has 21 heavy (non-hydrogen) atoms. The number of carbonyl (C=O) groups is 1. The maximum atomic E-state index is 12.1. The first-order chi connectivity index (χ1) is 9.96. The SMILES string of the molecule is CCOC(=O)C(C)(CCN(C)C1CCN(CC)CC1)NC. The Morgan fingerprint density at radius 3 is 2.48 bits per heavy atom. The third-order valence-electron chi connectivity index (χ3n) is 4.87. The second kappa shape index (κ2) is 8.71. The van der Waals surface area contributed by atoms with Crippen molar-refractivity contribution in [1.82, 2.24) is 15.1 Å². The topological polar surface area (TPSA) is 44.8 Å². The fourth-order valence-electron chi connectivity index (χ4n) is 2.88. The normalized spacial score (nSPS) is 20.5. The third kappa shape index (κ3) is 5.24. The maximum absolute atomic E-state index is 12.1. The van der Waals surface area contributed by atoms with Crippen molar-refractivity contribution < 1.29 is 9.53 Å². The van der Waals surface area contributed by atoms with Crippen LogP contribution in [0.5, 0.6) is 0 Å². The van der Waals surface area contributed by atoms with Crippen molar-refractivity contribution in [2.24, 2.45) is 0 Å². The average Bonchev–Trinajstić information content (AvgIpc) is 2.52. The standard InChI is InChI=1S/C16H33N3O2/c1-6-19-11-8-14(9-12-19)18(5)13-10-16(3,17-4)15(20)21-7-2/h14,17H,6-13H2,1-5H3. The largest absolute Gasteiger partial charge is 0.465 e. The monoisotopic (exact) mass is 299 g/mol. The Morgan fingerprint density at radius 2 is 2.00 bits per heavy atom. The fraction of sp³-hybridized carbons (Fsp3) is 0.938. The number of hydrogen-bond acceptors (Lipinski definition) is 5. The first-order valence-corrected chi connectivity index (χ1v) is 8.25. The van der Waals surface area contributed by atoms with Crippen LogP contribution in [0.1, 0.15) is 40.0 Å². The van der Waals surface area contributed by atoms with Crippen LogP contribution in [-0.2, 0) is 9.53 Å². The Hall–Kier alpha value is -0.650. The van der Waals surface area contributed by atoms with Crippen LogP contribution < -0.4 is 5.32 Å². The van der Waals surface area contributed by atoms with Crippen molar-refractivity contribution in [3.63, 3.8) is 0 Å². The van der Waals surface area contributed by atoms with E-state index in [2.05, 4.69) is 29.1 Å². The molecule has 1 aliphatic heterocycles. The smallest absolute Gasteiger partial charge is 0.326 e. The Balaban J connectivity index is 2.43. The molecule has 0 aromatic carbocycles. The number of nitrogens with one attached hydrogen (secondary N) is 1. The highest BCUT2D eigenvalue weighted by molar-refractivity contribution is 5.80. The molecule has 0 aromatic rings. The molecule has 1 saturated heterocycles. The van der Waals surface area contributed by atoms with Crippen molar-refractivity contribution in [3.8, 4) is 0 Å². The van der Waals surface area contributed by atoms with Gasteiger partial charge in [0, 0.05) is 12.6 Å². The number of nitrogens with zero attached hydrogens (tertiary/aromatic N) is 2. The lowest BCUT2D eigenvalue weighted by Gasteiger charge is -2.37. The number of carbonyl (C=O) groups excluding carboxylic acids is 1. The van der Waals surface area contributed by atoms with E-state index in [0.717, 1.165) is 19.5 Å². The van der Waals surface area contributed by atoms with Gasteiger partial charge < -0.3 is 19.9 Å². The molecule has 1 rings (SSSR count). The molecule has 1 aliphatic rings. The predicted octanol–water partition coefficient (Wildman–Crippen LogP) is 1.33. The van der Waals surface area contributed by atoms with Gasteiger partial charge in [0.2, 0.25) is 0 Å². The number of piperidine rings is 1. The summed E-state index contributed by atoms with van der Waals surface area (Å²) in [5, 5.41) is 3.13. The Labute approximate surface area is 130 Å². The molecule has 1 fully saturated rings. The quantitative estimate of drug-likeness (QED) is 0.685. The minimum absolute atomic E-state index is 0.151. The summed E-state index contributed by atoms with van der Waals surface area (Å²) in [5.41, 5.74) is -0.589. The molecule has 1 N–H and O–H groups in total. The molecule has 0 aromatic heterocycles. The molecular weight excluding hydrogens is 266 g/mol. The van der Waals surface area contributed by atoms with Gasteiger partial charge in [0.05, 0.1) is 6.61 Å². The van der Waals surface area contributed by atoms with Crippen LogP contribution in [0.15, 0.2) is 0 Å². The summed E-state index contributed by atoms with van der Waals surface area (Å²) in [6.07, 6.45) is 3.22. The molecule has 5 nitrogen and oxygen atoms in total. The predicted molar refractivity (Wildman–Crippen MR) is 86.5 cm³/mol. The maximum Gasteiger partial charge on any atom is 0.326 e. The summed E-state index contributed by atoms with van der Waals surface area (Å²) in [5.74, 6) is -0.151. The number of likely N-dealkylation sites (N-methyl/N-ethyl adjacent to an activating group) is 1. The van der Waals surface area contributed by atoms with Crippen LogP contribution in [0.3, 0.4) is 0 Å². The van der Waals surface area contributed by atoms with Crippen molar-refractivity contribution >= 4 is 5.97 Å². The third-order valence-corrected chi connectivity index (χ3v) is 4.87. The zero-order chi connectivity index (χ0) is 15.9. The minimum Gasteiger partial charge on any atom is -0.465 e. The second-order valence-electron chi connectivity index (χ2n) is 6.20. The summed E-state index contributed by atoms with van der Waals surface area (Å²) in [6.45, 7) is 10.9. The van der Waals surface area contributed by atoms with Crippen LogP contribution in [0.25, 0.3) is 0 Å². The van der Waals surface area contributed by atoms with E-state index in [9.17, 15) is 4.79 Å². The van der Waals surface area contributed by atoms with Gasteiger partial charge in [0.15, 0.2) is 0 Å². The summed E-state index contributed by atoms with van der Waals surface area (Å²) >= 11 is 0. The van der Waals surface area contributed by atoms with Crippen molar-refractivity contribution in [2.75, 3.05) is 46.9 Å². The van der Waals surface area contributed by atoms with Crippen molar-refractivity contribution in [3.05, 3.63) is 0 Å². The van der Waals surface area contributed by atoms with Gasteiger partial charge in [-0.05, 0) is 66.8 Å². The lowest BCUT2D eigenvalue weighted by atomic mass is 9.96. The lowest BCUT2D eigenvalue weighted by Crippen LogP contribution is -2.51. The lowest BCUT2D eigenvalue weighted by molar-refractivity contribution is -0.150. The zero-order valence-corrected chi connectivity index (χ0v) is 14.4. The van der Waals surface area contributed by atoms with E-state index in [1.165, 1.54) is 25.9 Å². The molecular formula is C16H33N3O2. The van der Waals surface area contributed by atoms with Gasteiger partial charge in [-0.15, -0.1) is 0 Å². The first-order valence-electron chi connectivity index (χ1n) is 8.25. The van der Waals surface area contributed by atoms with E-state index in [4.69, 9.17) is 4.74 Å². The summed E-state index contributed by atoms with van der Waals surface area (Å²) in [7, 11) is 4.00. The molecule has 0 aliphatic carbocycles. The van der Waals surface area contributed by atoms with Gasteiger partial charge in [-0.25, -0.2) is 0 Å². The zero-order valence-electron chi connectivity index (χ0n) is 14.4. The van der Waals surface area contributed by atoms with E-state index in [0.29, 0.717) is 12.6 Å². The highest BCUT2D eigenvalue weighted by atomic mass is 16.5. The molecule has 1 unspecified atom stereocenters. The van der Waals surface area contributed by atoms with Gasteiger partial charge >= 0.3 is 5.97 Å². The average molecular weight is 299 g/mol. The molecule has 1 heterocycles. The molecule has 0 saturated carbocycles. The summed E-state index contributed by atoms with van der Waals surface area (Å²) < 4.78 is 5.18. The van der Waals surface area contributed by atoms with Gasteiger partial charge in [-0.1, -0.05) is 6.92 Å². The molecule has 0 spiro atoms. The van der Waals surface area contributed by atoms with E-state index in [-0.39, 0.29) is 5.97 Å². The fourth-order valence-corrected chi connectivity index (χ4v) is 2.88. The van der Waals surface area contributed by atoms with Gasteiger partial charge in [-0.3, -0.25) is 4.79 Å².